The summed E-state index contributed by atoms with van der Waals surface area (Å²) in [4.78, 5) is 14.3. The Morgan fingerprint density at radius 1 is 1.14 bits per heavy atom. The second kappa shape index (κ2) is 4.60. The maximum atomic E-state index is 12.3. The molecule has 106 valence electrons. The molecule has 1 fully saturated rings. The molecular formula is C17H15NO3. The van der Waals surface area contributed by atoms with Gasteiger partial charge in [0.15, 0.2) is 11.3 Å². The lowest BCUT2D eigenvalue weighted by Crippen LogP contribution is -2.22. The zero-order valence-corrected chi connectivity index (χ0v) is 11.5. The molecule has 4 rings (SSSR count). The van der Waals surface area contributed by atoms with E-state index >= 15 is 0 Å². The molecule has 1 aliphatic rings. The summed E-state index contributed by atoms with van der Waals surface area (Å²) in [6.45, 7) is 1.22. The fourth-order valence-electron chi connectivity index (χ4n) is 2.97. The molecule has 1 atom stereocenters. The van der Waals surface area contributed by atoms with E-state index < -0.39 is 0 Å². The number of aliphatic hydroxyl groups is 1. The van der Waals surface area contributed by atoms with Gasteiger partial charge in [-0.3, -0.25) is 4.79 Å². The molecule has 0 aliphatic carbocycles. The standard InChI is InChI=1S/C17H15NO3/c19-12-7-8-18(10-12)16-9-15(20)14-6-5-11-3-1-2-4-13(11)17(14)21-16/h1-6,9,12,19H,7-8,10H2. The van der Waals surface area contributed by atoms with Crippen LogP contribution in [0.4, 0.5) is 5.88 Å². The maximum Gasteiger partial charge on any atom is 0.200 e. The number of hydrogen-bond acceptors (Lipinski definition) is 4. The Labute approximate surface area is 121 Å². The van der Waals surface area contributed by atoms with Crippen molar-refractivity contribution in [3.05, 3.63) is 52.7 Å². The van der Waals surface area contributed by atoms with Crippen LogP contribution in [0.25, 0.3) is 21.7 Å². The Bertz CT molecular complexity index is 884. The monoisotopic (exact) mass is 281 g/mol. The van der Waals surface area contributed by atoms with Gasteiger partial charge in [0.2, 0.25) is 0 Å². The Kier molecular flexibility index (Phi) is 2.72. The fourth-order valence-corrected chi connectivity index (χ4v) is 2.97. The topological polar surface area (TPSA) is 53.7 Å². The number of β-amino-alcohol motifs (C(OH)–C–C–N with tert-alkyl or cyclic N) is 1. The van der Waals surface area contributed by atoms with Crippen LogP contribution in [0.3, 0.4) is 0 Å². The minimum Gasteiger partial charge on any atom is -0.440 e. The highest BCUT2D eigenvalue weighted by Crippen LogP contribution is 2.28. The van der Waals surface area contributed by atoms with Crippen LogP contribution in [-0.4, -0.2) is 24.3 Å². The number of rotatable bonds is 1. The van der Waals surface area contributed by atoms with Crippen LogP contribution in [0, 0.1) is 0 Å². The molecule has 1 aromatic heterocycles. The highest BCUT2D eigenvalue weighted by molar-refractivity contribution is 6.04. The first-order valence-corrected chi connectivity index (χ1v) is 7.11. The first kappa shape index (κ1) is 12.4. The second-order valence-electron chi connectivity index (χ2n) is 5.50. The van der Waals surface area contributed by atoms with Crippen molar-refractivity contribution in [2.75, 3.05) is 18.0 Å². The summed E-state index contributed by atoms with van der Waals surface area (Å²) in [5.41, 5.74) is 0.579. The molecule has 4 heteroatoms. The number of fused-ring (bicyclic) bond motifs is 3. The van der Waals surface area contributed by atoms with Crippen molar-refractivity contribution in [3.63, 3.8) is 0 Å². The van der Waals surface area contributed by atoms with Gasteiger partial charge in [0.25, 0.3) is 0 Å². The zero-order chi connectivity index (χ0) is 14.4. The molecule has 1 saturated heterocycles. The summed E-state index contributed by atoms with van der Waals surface area (Å²) >= 11 is 0. The van der Waals surface area contributed by atoms with Gasteiger partial charge in [-0.05, 0) is 17.9 Å². The van der Waals surface area contributed by atoms with Gasteiger partial charge < -0.3 is 14.4 Å². The predicted octanol–water partition coefficient (Wildman–Crippen LogP) is 2.52. The van der Waals surface area contributed by atoms with Crippen molar-refractivity contribution in [3.8, 4) is 0 Å². The predicted molar refractivity (Wildman–Crippen MR) is 82.8 cm³/mol. The van der Waals surface area contributed by atoms with Gasteiger partial charge in [-0.1, -0.05) is 30.3 Å². The second-order valence-corrected chi connectivity index (χ2v) is 5.50. The molecule has 0 bridgehead atoms. The van der Waals surface area contributed by atoms with E-state index in [2.05, 4.69) is 0 Å². The Balaban J connectivity index is 1.99. The largest absolute Gasteiger partial charge is 0.440 e. The van der Waals surface area contributed by atoms with Crippen LogP contribution in [0.15, 0.2) is 51.7 Å². The van der Waals surface area contributed by atoms with E-state index in [1.807, 2.05) is 41.3 Å². The zero-order valence-electron chi connectivity index (χ0n) is 11.5. The first-order valence-electron chi connectivity index (χ1n) is 7.11. The van der Waals surface area contributed by atoms with E-state index in [0.717, 1.165) is 10.8 Å². The Morgan fingerprint density at radius 3 is 2.81 bits per heavy atom. The Hall–Kier alpha value is -2.33. The molecule has 2 heterocycles. The summed E-state index contributed by atoms with van der Waals surface area (Å²) < 4.78 is 6.00. The highest BCUT2D eigenvalue weighted by Gasteiger charge is 2.23. The third kappa shape index (κ3) is 1.99. The molecule has 0 spiro atoms. The van der Waals surface area contributed by atoms with Crippen molar-refractivity contribution in [1.82, 2.24) is 0 Å². The van der Waals surface area contributed by atoms with Crippen molar-refractivity contribution in [1.29, 1.82) is 0 Å². The molecule has 4 nitrogen and oxygen atoms in total. The van der Waals surface area contributed by atoms with Crippen LogP contribution in [0.2, 0.25) is 0 Å². The van der Waals surface area contributed by atoms with E-state index in [1.54, 1.807) is 0 Å². The van der Waals surface area contributed by atoms with Gasteiger partial charge in [0.1, 0.15) is 5.58 Å². The SMILES string of the molecule is O=c1cc(N2CCC(O)C2)oc2c1ccc1ccccc12. The van der Waals surface area contributed by atoms with Gasteiger partial charge in [-0.25, -0.2) is 0 Å². The van der Waals surface area contributed by atoms with Gasteiger partial charge in [-0.2, -0.15) is 0 Å². The first-order chi connectivity index (χ1) is 10.2. The van der Waals surface area contributed by atoms with E-state index in [9.17, 15) is 9.90 Å². The summed E-state index contributed by atoms with van der Waals surface area (Å²) in [6.07, 6.45) is 0.357. The summed E-state index contributed by atoms with van der Waals surface area (Å²) in [5, 5.41) is 12.2. The van der Waals surface area contributed by atoms with Crippen LogP contribution in [-0.2, 0) is 0 Å². The van der Waals surface area contributed by atoms with Crippen LogP contribution in [0.5, 0.6) is 0 Å². The van der Waals surface area contributed by atoms with Crippen LogP contribution < -0.4 is 10.3 Å². The molecular weight excluding hydrogens is 266 g/mol. The number of aliphatic hydroxyl groups excluding tert-OH is 1. The molecule has 0 amide bonds. The van der Waals surface area contributed by atoms with E-state index in [4.69, 9.17) is 4.42 Å². The van der Waals surface area contributed by atoms with Gasteiger partial charge >= 0.3 is 0 Å². The van der Waals surface area contributed by atoms with Crippen molar-refractivity contribution in [2.24, 2.45) is 0 Å². The average Bonchev–Trinajstić information content (AvgIpc) is 2.93. The fraction of sp³-hybridized carbons (Fsp3) is 0.235. The van der Waals surface area contributed by atoms with E-state index in [1.165, 1.54) is 6.07 Å². The van der Waals surface area contributed by atoms with Gasteiger partial charge in [0.05, 0.1) is 11.5 Å². The number of benzene rings is 2. The normalized spacial score (nSPS) is 18.7. The maximum absolute atomic E-state index is 12.3. The summed E-state index contributed by atoms with van der Waals surface area (Å²) in [6, 6.07) is 13.1. The molecule has 0 saturated carbocycles. The smallest absolute Gasteiger partial charge is 0.200 e. The third-order valence-electron chi connectivity index (χ3n) is 4.08. The van der Waals surface area contributed by atoms with Crippen molar-refractivity contribution >= 4 is 27.6 Å². The lowest BCUT2D eigenvalue weighted by atomic mass is 10.1. The van der Waals surface area contributed by atoms with Crippen LogP contribution >= 0.6 is 0 Å². The summed E-state index contributed by atoms with van der Waals surface area (Å²) in [7, 11) is 0. The third-order valence-corrected chi connectivity index (χ3v) is 4.08. The lowest BCUT2D eigenvalue weighted by Gasteiger charge is -2.16. The van der Waals surface area contributed by atoms with Crippen LogP contribution in [0.1, 0.15) is 6.42 Å². The minimum atomic E-state index is -0.349. The number of nitrogens with zero attached hydrogens (tertiary/aromatic N) is 1. The van der Waals surface area contributed by atoms with Gasteiger partial charge in [-0.15, -0.1) is 0 Å². The highest BCUT2D eigenvalue weighted by atomic mass is 16.4. The Morgan fingerprint density at radius 2 is 2.00 bits per heavy atom. The average molecular weight is 281 g/mol. The molecule has 1 N–H and O–H groups in total. The van der Waals surface area contributed by atoms with Crippen molar-refractivity contribution in [2.45, 2.75) is 12.5 Å². The molecule has 1 unspecified atom stereocenters. The van der Waals surface area contributed by atoms with Crippen molar-refractivity contribution < 1.29 is 9.52 Å². The molecule has 3 aromatic rings. The van der Waals surface area contributed by atoms with E-state index in [0.29, 0.717) is 36.4 Å². The number of hydrogen-bond donors (Lipinski definition) is 1. The van der Waals surface area contributed by atoms with E-state index in [-0.39, 0.29) is 11.5 Å². The molecule has 0 radical (unpaired) electrons. The summed E-state index contributed by atoms with van der Waals surface area (Å²) in [5.74, 6) is 0.542. The quantitative estimate of drug-likeness (QED) is 0.696. The molecule has 1 aliphatic heterocycles. The van der Waals surface area contributed by atoms with Gasteiger partial charge in [0, 0.05) is 24.5 Å². The number of anilines is 1. The molecule has 2 aromatic carbocycles. The molecule has 21 heavy (non-hydrogen) atoms. The minimum absolute atomic E-state index is 0.0432. The lowest BCUT2D eigenvalue weighted by molar-refractivity contribution is 0.198.